The third-order valence-corrected chi connectivity index (χ3v) is 2.74. The fourth-order valence-corrected chi connectivity index (χ4v) is 1.84. The molecule has 5 nitrogen and oxygen atoms in total. The van der Waals surface area contributed by atoms with Gasteiger partial charge in [0, 0.05) is 6.54 Å². The van der Waals surface area contributed by atoms with E-state index < -0.39 is 6.09 Å². The second-order valence-corrected chi connectivity index (χ2v) is 3.89. The zero-order valence-corrected chi connectivity index (χ0v) is 9.59. The molecule has 0 saturated carbocycles. The molecule has 1 aliphatic rings. The van der Waals surface area contributed by atoms with Crippen LogP contribution in [0.25, 0.3) is 0 Å². The SMILES string of the molecule is NC(=O)OCCN1CCc2ccccc2CO1. The van der Waals surface area contributed by atoms with Crippen molar-refractivity contribution in [3.8, 4) is 0 Å². The number of nitrogens with zero attached hydrogens (tertiary/aromatic N) is 1. The van der Waals surface area contributed by atoms with Gasteiger partial charge < -0.3 is 10.5 Å². The molecule has 0 radical (unpaired) electrons. The average molecular weight is 236 g/mol. The molecular weight excluding hydrogens is 220 g/mol. The van der Waals surface area contributed by atoms with E-state index in [1.54, 1.807) is 0 Å². The number of hydroxylamine groups is 2. The van der Waals surface area contributed by atoms with Gasteiger partial charge in [0.25, 0.3) is 0 Å². The highest BCUT2D eigenvalue weighted by Crippen LogP contribution is 2.15. The van der Waals surface area contributed by atoms with Crippen molar-refractivity contribution in [1.29, 1.82) is 0 Å². The summed E-state index contributed by atoms with van der Waals surface area (Å²) in [4.78, 5) is 16.0. The monoisotopic (exact) mass is 236 g/mol. The smallest absolute Gasteiger partial charge is 0.404 e. The van der Waals surface area contributed by atoms with Gasteiger partial charge in [0.2, 0.25) is 0 Å². The number of carbonyl (C=O) groups is 1. The van der Waals surface area contributed by atoms with Crippen molar-refractivity contribution in [2.45, 2.75) is 13.0 Å². The van der Waals surface area contributed by atoms with Crippen LogP contribution in [0.1, 0.15) is 11.1 Å². The second kappa shape index (κ2) is 5.65. The molecule has 0 aromatic heterocycles. The Labute approximate surface area is 100 Å². The third-order valence-electron chi connectivity index (χ3n) is 2.74. The molecule has 1 heterocycles. The summed E-state index contributed by atoms with van der Waals surface area (Å²) in [7, 11) is 0. The highest BCUT2D eigenvalue weighted by molar-refractivity contribution is 5.64. The van der Waals surface area contributed by atoms with Crippen LogP contribution in [0.5, 0.6) is 0 Å². The van der Waals surface area contributed by atoms with Crippen LogP contribution in [0.4, 0.5) is 4.79 Å². The summed E-state index contributed by atoms with van der Waals surface area (Å²) in [5, 5.41) is 1.81. The van der Waals surface area contributed by atoms with Crippen molar-refractivity contribution >= 4 is 6.09 Å². The van der Waals surface area contributed by atoms with E-state index in [9.17, 15) is 4.79 Å². The zero-order valence-electron chi connectivity index (χ0n) is 9.59. The fourth-order valence-electron chi connectivity index (χ4n) is 1.84. The standard InChI is InChI=1S/C12H16N2O3/c13-12(15)16-8-7-14-6-5-10-3-1-2-4-11(10)9-17-14/h1-4H,5-9H2,(H2,13,15). The Kier molecular flexibility index (Phi) is 3.95. The first kappa shape index (κ1) is 11.9. The largest absolute Gasteiger partial charge is 0.448 e. The number of hydrogen-bond acceptors (Lipinski definition) is 4. The summed E-state index contributed by atoms with van der Waals surface area (Å²) in [5.41, 5.74) is 7.41. The zero-order chi connectivity index (χ0) is 12.1. The number of amides is 1. The van der Waals surface area contributed by atoms with Gasteiger partial charge in [-0.2, -0.15) is 5.06 Å². The predicted octanol–water partition coefficient (Wildman–Crippen LogP) is 1.07. The van der Waals surface area contributed by atoms with E-state index in [0.29, 0.717) is 13.2 Å². The molecule has 0 saturated heterocycles. The summed E-state index contributed by atoms with van der Waals surface area (Å²) in [5.74, 6) is 0. The molecule has 0 fully saturated rings. The summed E-state index contributed by atoms with van der Waals surface area (Å²) in [6.45, 7) is 2.15. The highest BCUT2D eigenvalue weighted by Gasteiger charge is 2.13. The van der Waals surface area contributed by atoms with E-state index in [2.05, 4.69) is 16.9 Å². The average Bonchev–Trinajstić information content (AvgIpc) is 2.52. The van der Waals surface area contributed by atoms with Crippen LogP contribution in [-0.2, 0) is 22.6 Å². The van der Waals surface area contributed by atoms with Crippen molar-refractivity contribution < 1.29 is 14.4 Å². The van der Waals surface area contributed by atoms with E-state index in [4.69, 9.17) is 10.6 Å². The summed E-state index contributed by atoms with van der Waals surface area (Å²) in [6.07, 6.45) is 0.190. The Morgan fingerprint density at radius 2 is 2.18 bits per heavy atom. The lowest BCUT2D eigenvalue weighted by Gasteiger charge is -2.18. The number of primary amides is 1. The Bertz CT molecular complexity index is 368. The lowest BCUT2D eigenvalue weighted by molar-refractivity contribution is -0.169. The number of nitrogens with two attached hydrogens (primary N) is 1. The maximum atomic E-state index is 10.4. The number of fused-ring (bicyclic) bond motifs is 1. The van der Waals surface area contributed by atoms with Gasteiger partial charge in [-0.05, 0) is 17.5 Å². The van der Waals surface area contributed by atoms with E-state index in [1.165, 1.54) is 11.1 Å². The maximum Gasteiger partial charge on any atom is 0.404 e. The molecule has 1 aromatic carbocycles. The van der Waals surface area contributed by atoms with Crippen LogP contribution in [0.15, 0.2) is 24.3 Å². The molecule has 2 N–H and O–H groups in total. The van der Waals surface area contributed by atoms with Gasteiger partial charge in [0.1, 0.15) is 6.61 Å². The molecule has 5 heteroatoms. The van der Waals surface area contributed by atoms with Gasteiger partial charge in [0.05, 0.1) is 13.2 Å². The molecular formula is C12H16N2O3. The minimum Gasteiger partial charge on any atom is -0.448 e. The quantitative estimate of drug-likeness (QED) is 0.852. The molecule has 92 valence electrons. The highest BCUT2D eigenvalue weighted by atomic mass is 16.7. The topological polar surface area (TPSA) is 64.8 Å². The van der Waals surface area contributed by atoms with Crippen LogP contribution < -0.4 is 5.73 Å². The van der Waals surface area contributed by atoms with Gasteiger partial charge in [-0.3, -0.25) is 4.84 Å². The van der Waals surface area contributed by atoms with Crippen molar-refractivity contribution in [3.63, 3.8) is 0 Å². The van der Waals surface area contributed by atoms with Crippen molar-refractivity contribution in [1.82, 2.24) is 5.06 Å². The minimum absolute atomic E-state index is 0.256. The molecule has 1 amide bonds. The summed E-state index contributed by atoms with van der Waals surface area (Å²) in [6, 6.07) is 8.22. The van der Waals surface area contributed by atoms with Crippen LogP contribution in [0.3, 0.4) is 0 Å². The molecule has 0 spiro atoms. The summed E-state index contributed by atoms with van der Waals surface area (Å²) < 4.78 is 4.68. The van der Waals surface area contributed by atoms with Crippen LogP contribution in [0.2, 0.25) is 0 Å². The van der Waals surface area contributed by atoms with Gasteiger partial charge >= 0.3 is 6.09 Å². The minimum atomic E-state index is -0.747. The normalized spacial score (nSPS) is 16.0. The molecule has 0 bridgehead atoms. The van der Waals surface area contributed by atoms with E-state index in [-0.39, 0.29) is 6.61 Å². The van der Waals surface area contributed by atoms with Crippen LogP contribution >= 0.6 is 0 Å². The number of ether oxygens (including phenoxy) is 1. The Balaban J connectivity index is 1.84. The number of benzene rings is 1. The fraction of sp³-hybridized carbons (Fsp3) is 0.417. The molecule has 0 aliphatic carbocycles. The Morgan fingerprint density at radius 3 is 2.94 bits per heavy atom. The first-order chi connectivity index (χ1) is 8.25. The maximum absolute atomic E-state index is 10.4. The first-order valence-corrected chi connectivity index (χ1v) is 5.62. The number of hydrogen-bond donors (Lipinski definition) is 1. The predicted molar refractivity (Wildman–Crippen MR) is 62.0 cm³/mol. The Hall–Kier alpha value is -1.59. The van der Waals surface area contributed by atoms with Crippen molar-refractivity contribution in [2.75, 3.05) is 19.7 Å². The molecule has 1 aliphatic heterocycles. The first-order valence-electron chi connectivity index (χ1n) is 5.62. The van der Waals surface area contributed by atoms with E-state index in [0.717, 1.165) is 13.0 Å². The van der Waals surface area contributed by atoms with E-state index >= 15 is 0 Å². The van der Waals surface area contributed by atoms with Crippen LogP contribution in [-0.4, -0.2) is 30.9 Å². The van der Waals surface area contributed by atoms with Gasteiger partial charge in [0.15, 0.2) is 0 Å². The molecule has 2 rings (SSSR count). The number of rotatable bonds is 3. The van der Waals surface area contributed by atoms with Crippen molar-refractivity contribution in [3.05, 3.63) is 35.4 Å². The lowest BCUT2D eigenvalue weighted by atomic mass is 10.1. The second-order valence-electron chi connectivity index (χ2n) is 3.89. The van der Waals surface area contributed by atoms with Gasteiger partial charge in [-0.1, -0.05) is 24.3 Å². The summed E-state index contributed by atoms with van der Waals surface area (Å²) >= 11 is 0. The third kappa shape index (κ3) is 3.44. The van der Waals surface area contributed by atoms with Crippen LogP contribution in [0, 0.1) is 0 Å². The number of carbonyl (C=O) groups excluding carboxylic acids is 1. The molecule has 1 aromatic rings. The van der Waals surface area contributed by atoms with E-state index in [1.807, 2.05) is 17.2 Å². The van der Waals surface area contributed by atoms with Crippen molar-refractivity contribution in [2.24, 2.45) is 5.73 Å². The molecule has 0 unspecified atom stereocenters. The molecule has 17 heavy (non-hydrogen) atoms. The molecule has 0 atom stereocenters. The Morgan fingerprint density at radius 1 is 1.41 bits per heavy atom. The van der Waals surface area contributed by atoms with Gasteiger partial charge in [-0.25, -0.2) is 4.79 Å². The van der Waals surface area contributed by atoms with Gasteiger partial charge in [-0.15, -0.1) is 0 Å². The lowest BCUT2D eigenvalue weighted by Crippen LogP contribution is -2.29.